The number of amides is 2. The van der Waals surface area contributed by atoms with Crippen LogP contribution < -0.4 is 10.6 Å². The van der Waals surface area contributed by atoms with Gasteiger partial charge < -0.3 is 15.4 Å². The summed E-state index contributed by atoms with van der Waals surface area (Å²) < 4.78 is 54.8. The molecule has 0 radical (unpaired) electrons. The van der Waals surface area contributed by atoms with Crippen molar-refractivity contribution in [3.8, 4) is 0 Å². The molecule has 0 saturated carbocycles. The SMILES string of the molecule is O=C(Cc1ccccc1C(F)F)Nc1ccc(C(=O)NCC2CCOC2)c([SH](=O)=O)c1. The maximum absolute atomic E-state index is 13.1. The van der Waals surface area contributed by atoms with Crippen molar-refractivity contribution in [1.82, 2.24) is 5.32 Å². The van der Waals surface area contributed by atoms with Gasteiger partial charge in [0.05, 0.1) is 23.5 Å². The summed E-state index contributed by atoms with van der Waals surface area (Å²) >= 11 is 0. The molecule has 1 heterocycles. The van der Waals surface area contributed by atoms with E-state index < -0.39 is 28.9 Å². The molecule has 166 valence electrons. The summed E-state index contributed by atoms with van der Waals surface area (Å²) in [7, 11) is -3.11. The molecule has 0 aliphatic carbocycles. The molecule has 1 saturated heterocycles. The molecule has 7 nitrogen and oxygen atoms in total. The van der Waals surface area contributed by atoms with Crippen LogP contribution in [0.3, 0.4) is 0 Å². The fourth-order valence-corrected chi connectivity index (χ4v) is 3.93. The lowest BCUT2D eigenvalue weighted by molar-refractivity contribution is -0.115. The minimum atomic E-state index is -3.11. The van der Waals surface area contributed by atoms with Crippen molar-refractivity contribution < 1.29 is 31.5 Å². The molecule has 0 spiro atoms. The maximum atomic E-state index is 13.1. The van der Waals surface area contributed by atoms with E-state index in [9.17, 15) is 26.8 Å². The Morgan fingerprint density at radius 3 is 2.61 bits per heavy atom. The summed E-state index contributed by atoms with van der Waals surface area (Å²) in [6, 6.07) is 9.58. The predicted octanol–water partition coefficient (Wildman–Crippen LogP) is 2.54. The van der Waals surface area contributed by atoms with Gasteiger partial charge >= 0.3 is 0 Å². The van der Waals surface area contributed by atoms with E-state index >= 15 is 0 Å². The first-order valence-corrected chi connectivity index (χ1v) is 10.8. The van der Waals surface area contributed by atoms with Gasteiger partial charge in [-0.3, -0.25) is 9.59 Å². The Morgan fingerprint density at radius 2 is 1.94 bits per heavy atom. The molecule has 2 aromatic carbocycles. The minimum Gasteiger partial charge on any atom is -0.381 e. The van der Waals surface area contributed by atoms with E-state index in [2.05, 4.69) is 10.6 Å². The average molecular weight is 452 g/mol. The van der Waals surface area contributed by atoms with E-state index in [0.717, 1.165) is 6.42 Å². The van der Waals surface area contributed by atoms with E-state index in [-0.39, 0.29) is 39.6 Å². The number of carbonyl (C=O) groups is 2. The van der Waals surface area contributed by atoms with Gasteiger partial charge in [0.25, 0.3) is 12.3 Å². The van der Waals surface area contributed by atoms with Crippen LogP contribution in [0.5, 0.6) is 0 Å². The highest BCUT2D eigenvalue weighted by Crippen LogP contribution is 2.24. The Bertz CT molecular complexity index is 1030. The number of anilines is 1. The van der Waals surface area contributed by atoms with Gasteiger partial charge in [0.2, 0.25) is 5.91 Å². The van der Waals surface area contributed by atoms with Crippen molar-refractivity contribution in [3.05, 3.63) is 59.2 Å². The highest BCUT2D eigenvalue weighted by atomic mass is 32.2. The topological polar surface area (TPSA) is 102 Å². The van der Waals surface area contributed by atoms with Crippen LogP contribution in [0.1, 0.15) is 34.3 Å². The number of hydrogen-bond donors (Lipinski definition) is 3. The lowest BCUT2D eigenvalue weighted by Crippen LogP contribution is -2.30. The first kappa shape index (κ1) is 22.8. The van der Waals surface area contributed by atoms with Gasteiger partial charge in [-0.05, 0) is 30.2 Å². The lowest BCUT2D eigenvalue weighted by Gasteiger charge is -2.12. The van der Waals surface area contributed by atoms with Crippen molar-refractivity contribution >= 4 is 28.2 Å². The van der Waals surface area contributed by atoms with E-state index in [1.807, 2.05) is 0 Å². The quantitative estimate of drug-likeness (QED) is 0.535. The van der Waals surface area contributed by atoms with Crippen LogP contribution >= 0.6 is 0 Å². The zero-order valence-electron chi connectivity index (χ0n) is 16.5. The van der Waals surface area contributed by atoms with Gasteiger partial charge in [-0.15, -0.1) is 0 Å². The Labute approximate surface area is 179 Å². The zero-order chi connectivity index (χ0) is 22.4. The fourth-order valence-electron chi connectivity index (χ4n) is 3.32. The van der Waals surface area contributed by atoms with E-state index in [1.54, 1.807) is 6.07 Å². The molecule has 2 aromatic rings. The van der Waals surface area contributed by atoms with E-state index in [0.29, 0.717) is 19.8 Å². The number of hydrogen-bond acceptors (Lipinski definition) is 5. The molecule has 1 unspecified atom stereocenters. The second-order valence-corrected chi connectivity index (χ2v) is 8.15. The normalized spacial score (nSPS) is 15.9. The monoisotopic (exact) mass is 452 g/mol. The molecule has 0 aromatic heterocycles. The van der Waals surface area contributed by atoms with Gasteiger partial charge in [-0.2, -0.15) is 0 Å². The Morgan fingerprint density at radius 1 is 1.16 bits per heavy atom. The molecule has 31 heavy (non-hydrogen) atoms. The summed E-state index contributed by atoms with van der Waals surface area (Å²) in [4.78, 5) is 24.5. The summed E-state index contributed by atoms with van der Waals surface area (Å²) in [6.07, 6.45) is -2.19. The largest absolute Gasteiger partial charge is 0.381 e. The number of rotatable bonds is 8. The van der Waals surface area contributed by atoms with Crippen molar-refractivity contribution in [2.75, 3.05) is 25.1 Å². The summed E-state index contributed by atoms with van der Waals surface area (Å²) in [5, 5.41) is 5.20. The summed E-state index contributed by atoms with van der Waals surface area (Å²) in [6.45, 7) is 1.55. The van der Waals surface area contributed by atoms with Crippen LogP contribution in [0.2, 0.25) is 0 Å². The standard InChI is InChI=1S/C21H22F2N2O5S/c22-20(23)16-4-2-1-3-14(16)9-19(26)25-15-5-6-17(18(10-15)31(28)29)21(27)24-11-13-7-8-30-12-13/h1-6,10,13,20,31H,7-9,11-12H2,(H,24,27)(H,25,26). The molecule has 1 fully saturated rings. The molecular formula is C21H22F2N2O5S. The summed E-state index contributed by atoms with van der Waals surface area (Å²) in [5.74, 6) is -0.938. The number of carbonyl (C=O) groups excluding carboxylic acids is 2. The van der Waals surface area contributed by atoms with Crippen molar-refractivity contribution in [2.45, 2.75) is 24.2 Å². The highest BCUT2D eigenvalue weighted by molar-refractivity contribution is 7.72. The molecule has 3 rings (SSSR count). The molecule has 2 N–H and O–H groups in total. The van der Waals surface area contributed by atoms with Gasteiger partial charge in [0.15, 0.2) is 10.7 Å². The van der Waals surface area contributed by atoms with Gasteiger partial charge in [0.1, 0.15) is 0 Å². The number of thiol groups is 1. The molecule has 10 heteroatoms. The van der Waals surface area contributed by atoms with Crippen LogP contribution in [0.4, 0.5) is 14.5 Å². The third-order valence-corrected chi connectivity index (χ3v) is 5.70. The van der Waals surface area contributed by atoms with Gasteiger partial charge in [0, 0.05) is 30.3 Å². The molecule has 0 bridgehead atoms. The van der Waals surface area contributed by atoms with Crippen LogP contribution in [0.25, 0.3) is 0 Å². The number of ether oxygens (including phenoxy) is 1. The molecule has 1 aliphatic heterocycles. The molecule has 1 aliphatic rings. The van der Waals surface area contributed by atoms with Crippen LogP contribution in [-0.2, 0) is 26.7 Å². The van der Waals surface area contributed by atoms with Crippen LogP contribution in [-0.4, -0.2) is 40.0 Å². The Hall–Kier alpha value is -2.85. The van der Waals surface area contributed by atoms with E-state index in [1.165, 1.54) is 36.4 Å². The molecule has 1 atom stereocenters. The number of nitrogens with one attached hydrogen (secondary N) is 2. The third-order valence-electron chi connectivity index (χ3n) is 4.94. The average Bonchev–Trinajstić information content (AvgIpc) is 3.25. The second kappa shape index (κ2) is 10.5. The molecular weight excluding hydrogens is 430 g/mol. The van der Waals surface area contributed by atoms with Crippen molar-refractivity contribution in [3.63, 3.8) is 0 Å². The maximum Gasteiger partial charge on any atom is 0.264 e. The van der Waals surface area contributed by atoms with Crippen molar-refractivity contribution in [1.29, 1.82) is 0 Å². The fraction of sp³-hybridized carbons (Fsp3) is 0.333. The zero-order valence-corrected chi connectivity index (χ0v) is 17.4. The number of benzene rings is 2. The predicted molar refractivity (Wildman–Crippen MR) is 110 cm³/mol. The van der Waals surface area contributed by atoms with Gasteiger partial charge in [-0.1, -0.05) is 24.3 Å². The Balaban J connectivity index is 1.70. The Kier molecular flexibility index (Phi) is 7.69. The molecule has 2 amide bonds. The van der Waals surface area contributed by atoms with Crippen LogP contribution in [0.15, 0.2) is 47.4 Å². The number of halogens is 2. The summed E-state index contributed by atoms with van der Waals surface area (Å²) in [5.41, 5.74) is 0.0585. The van der Waals surface area contributed by atoms with Crippen molar-refractivity contribution in [2.24, 2.45) is 5.92 Å². The van der Waals surface area contributed by atoms with Gasteiger partial charge in [-0.25, -0.2) is 17.2 Å². The smallest absolute Gasteiger partial charge is 0.264 e. The number of alkyl halides is 2. The lowest BCUT2D eigenvalue weighted by atomic mass is 10.0. The first-order chi connectivity index (χ1) is 14.8. The first-order valence-electron chi connectivity index (χ1n) is 9.65. The highest BCUT2D eigenvalue weighted by Gasteiger charge is 2.20. The second-order valence-electron chi connectivity index (χ2n) is 7.15. The van der Waals surface area contributed by atoms with E-state index in [4.69, 9.17) is 4.74 Å². The third kappa shape index (κ3) is 6.08. The minimum absolute atomic E-state index is 0.0314. The van der Waals surface area contributed by atoms with Crippen LogP contribution in [0, 0.1) is 5.92 Å².